The summed E-state index contributed by atoms with van der Waals surface area (Å²) in [6, 6.07) is 9.46. The van der Waals surface area contributed by atoms with Gasteiger partial charge < -0.3 is 10.0 Å². The third-order valence-electron chi connectivity index (χ3n) is 4.43. The lowest BCUT2D eigenvalue weighted by molar-refractivity contribution is -0.130. The molecule has 0 aliphatic carbocycles. The summed E-state index contributed by atoms with van der Waals surface area (Å²) in [5.41, 5.74) is 1.43. The first kappa shape index (κ1) is 14.1. The molecule has 0 aromatic heterocycles. The maximum atomic E-state index is 11.7. The molecule has 2 atom stereocenters. The summed E-state index contributed by atoms with van der Waals surface area (Å²) in [5.74, 6) is 0.271. The van der Waals surface area contributed by atoms with Crippen LogP contribution in [-0.4, -0.2) is 53.0 Å². The van der Waals surface area contributed by atoms with Gasteiger partial charge in [0.25, 0.3) is 0 Å². The molecule has 1 amide bonds. The number of aliphatic hydroxyl groups is 1. The van der Waals surface area contributed by atoms with E-state index < -0.39 is 6.10 Å². The Balaban J connectivity index is 1.59. The van der Waals surface area contributed by atoms with E-state index in [0.29, 0.717) is 24.6 Å². The number of fused-ring (bicyclic) bond motifs is 1. The summed E-state index contributed by atoms with van der Waals surface area (Å²) in [7, 11) is 0. The quantitative estimate of drug-likeness (QED) is 0.896. The van der Waals surface area contributed by atoms with Gasteiger partial charge in [-0.3, -0.25) is 9.69 Å². The van der Waals surface area contributed by atoms with E-state index in [9.17, 15) is 9.90 Å². The Bertz CT molecular complexity index is 564. The number of aliphatic hydroxyl groups excluding tert-OH is 1. The number of hydrogen-bond donors (Lipinski definition) is 1. The number of carbonyl (C=O) groups is 1. The maximum absolute atomic E-state index is 11.7. The zero-order chi connectivity index (χ0) is 14.8. The Hall–Kier alpha value is -1.90. The molecule has 21 heavy (non-hydrogen) atoms. The van der Waals surface area contributed by atoms with Crippen molar-refractivity contribution in [3.05, 3.63) is 35.4 Å². The number of benzene rings is 1. The van der Waals surface area contributed by atoms with Crippen LogP contribution in [0.5, 0.6) is 0 Å². The van der Waals surface area contributed by atoms with Crippen molar-refractivity contribution >= 4 is 5.91 Å². The Morgan fingerprint density at radius 3 is 2.81 bits per heavy atom. The van der Waals surface area contributed by atoms with Crippen LogP contribution in [-0.2, 0) is 4.79 Å². The monoisotopic (exact) mass is 285 g/mol. The molecule has 2 heterocycles. The molecule has 3 rings (SSSR count). The van der Waals surface area contributed by atoms with E-state index in [0.717, 1.165) is 31.6 Å². The van der Waals surface area contributed by atoms with Crippen molar-refractivity contribution in [1.82, 2.24) is 9.80 Å². The first-order chi connectivity index (χ1) is 10.2. The molecular formula is C16H19N3O2. The van der Waals surface area contributed by atoms with Gasteiger partial charge in [0.15, 0.2) is 0 Å². The van der Waals surface area contributed by atoms with Crippen LogP contribution in [0.1, 0.15) is 30.1 Å². The highest BCUT2D eigenvalue weighted by molar-refractivity contribution is 5.78. The van der Waals surface area contributed by atoms with Crippen LogP contribution in [0.15, 0.2) is 24.3 Å². The Kier molecular flexibility index (Phi) is 3.91. The highest BCUT2D eigenvalue weighted by Crippen LogP contribution is 2.24. The summed E-state index contributed by atoms with van der Waals surface area (Å²) in [6.07, 6.45) is 1.04. The number of carbonyl (C=O) groups excluding carboxylic acids is 1. The minimum atomic E-state index is -0.554. The second kappa shape index (κ2) is 5.84. The molecule has 5 heteroatoms. The van der Waals surface area contributed by atoms with Crippen LogP contribution in [0.3, 0.4) is 0 Å². The average Bonchev–Trinajstić information content (AvgIpc) is 2.88. The molecule has 1 aromatic carbocycles. The predicted molar refractivity (Wildman–Crippen MR) is 77.3 cm³/mol. The van der Waals surface area contributed by atoms with Gasteiger partial charge in [-0.1, -0.05) is 12.1 Å². The zero-order valence-electron chi connectivity index (χ0n) is 11.9. The van der Waals surface area contributed by atoms with Gasteiger partial charge in [0.2, 0.25) is 5.91 Å². The number of amides is 1. The number of β-amino-alcohol motifs (C(OH)–C–C–N with tert-alkyl or cyclic N) is 1. The Labute approximate surface area is 124 Å². The molecule has 2 aliphatic heterocycles. The van der Waals surface area contributed by atoms with E-state index in [1.807, 2.05) is 4.90 Å². The summed E-state index contributed by atoms with van der Waals surface area (Å²) < 4.78 is 0. The standard InChI is InChI=1S/C16H19N3O2/c17-9-12-1-3-13(4-2-12)15(20)11-18-7-8-19-14(10-18)5-6-16(19)21/h1-4,14-15,20H,5-8,10-11H2. The van der Waals surface area contributed by atoms with Crippen LogP contribution in [0, 0.1) is 11.3 Å². The molecule has 2 aliphatic rings. The first-order valence-corrected chi connectivity index (χ1v) is 7.37. The lowest BCUT2D eigenvalue weighted by Gasteiger charge is -2.38. The molecule has 0 bridgehead atoms. The second-order valence-corrected chi connectivity index (χ2v) is 5.79. The summed E-state index contributed by atoms with van der Waals surface area (Å²) in [4.78, 5) is 15.9. The number of hydrogen-bond acceptors (Lipinski definition) is 4. The van der Waals surface area contributed by atoms with Crippen LogP contribution in [0.4, 0.5) is 0 Å². The topological polar surface area (TPSA) is 67.6 Å². The third-order valence-corrected chi connectivity index (χ3v) is 4.43. The maximum Gasteiger partial charge on any atom is 0.222 e. The minimum Gasteiger partial charge on any atom is -0.387 e. The number of nitrogens with zero attached hydrogens (tertiary/aromatic N) is 3. The summed E-state index contributed by atoms with van der Waals surface area (Å²) >= 11 is 0. The fraction of sp³-hybridized carbons (Fsp3) is 0.500. The van der Waals surface area contributed by atoms with Crippen molar-refractivity contribution in [2.75, 3.05) is 26.2 Å². The van der Waals surface area contributed by atoms with Crippen molar-refractivity contribution in [2.45, 2.75) is 25.0 Å². The lowest BCUT2D eigenvalue weighted by atomic mass is 10.1. The molecule has 2 fully saturated rings. The highest BCUT2D eigenvalue weighted by Gasteiger charge is 2.35. The predicted octanol–water partition coefficient (Wildman–Crippen LogP) is 0.898. The van der Waals surface area contributed by atoms with Gasteiger partial charge in [0, 0.05) is 38.6 Å². The smallest absolute Gasteiger partial charge is 0.222 e. The third kappa shape index (κ3) is 2.92. The van der Waals surface area contributed by atoms with E-state index in [2.05, 4.69) is 11.0 Å². The van der Waals surface area contributed by atoms with E-state index in [4.69, 9.17) is 5.26 Å². The molecule has 1 aromatic rings. The van der Waals surface area contributed by atoms with Crippen molar-refractivity contribution in [2.24, 2.45) is 0 Å². The van der Waals surface area contributed by atoms with Gasteiger partial charge in [-0.25, -0.2) is 0 Å². The highest BCUT2D eigenvalue weighted by atomic mass is 16.3. The molecular weight excluding hydrogens is 266 g/mol. The normalized spacial score (nSPS) is 23.7. The van der Waals surface area contributed by atoms with E-state index in [1.54, 1.807) is 24.3 Å². The summed E-state index contributed by atoms with van der Waals surface area (Å²) in [5, 5.41) is 19.1. The number of piperazine rings is 1. The van der Waals surface area contributed by atoms with Gasteiger partial charge >= 0.3 is 0 Å². The molecule has 1 N–H and O–H groups in total. The Morgan fingerprint density at radius 2 is 2.10 bits per heavy atom. The van der Waals surface area contributed by atoms with Gasteiger partial charge in [-0.2, -0.15) is 5.26 Å². The molecule has 2 unspecified atom stereocenters. The fourth-order valence-electron chi connectivity index (χ4n) is 3.22. The molecule has 2 saturated heterocycles. The van der Waals surface area contributed by atoms with Crippen LogP contribution in [0.25, 0.3) is 0 Å². The van der Waals surface area contributed by atoms with Crippen molar-refractivity contribution in [3.8, 4) is 6.07 Å². The van der Waals surface area contributed by atoms with Crippen molar-refractivity contribution in [3.63, 3.8) is 0 Å². The number of nitriles is 1. The van der Waals surface area contributed by atoms with E-state index in [-0.39, 0.29) is 5.91 Å². The van der Waals surface area contributed by atoms with Gasteiger partial charge in [0.05, 0.1) is 17.7 Å². The minimum absolute atomic E-state index is 0.271. The molecule has 110 valence electrons. The zero-order valence-corrected chi connectivity index (χ0v) is 11.9. The molecule has 0 radical (unpaired) electrons. The van der Waals surface area contributed by atoms with Crippen LogP contribution >= 0.6 is 0 Å². The first-order valence-electron chi connectivity index (χ1n) is 7.37. The number of rotatable bonds is 3. The van der Waals surface area contributed by atoms with Gasteiger partial charge in [-0.15, -0.1) is 0 Å². The van der Waals surface area contributed by atoms with Gasteiger partial charge in [-0.05, 0) is 24.1 Å². The van der Waals surface area contributed by atoms with Crippen molar-refractivity contribution < 1.29 is 9.90 Å². The Morgan fingerprint density at radius 1 is 1.33 bits per heavy atom. The van der Waals surface area contributed by atoms with Crippen molar-refractivity contribution in [1.29, 1.82) is 5.26 Å². The average molecular weight is 285 g/mol. The molecule has 0 saturated carbocycles. The van der Waals surface area contributed by atoms with Crippen LogP contribution in [0.2, 0.25) is 0 Å². The molecule has 0 spiro atoms. The summed E-state index contributed by atoms with van der Waals surface area (Å²) in [6.45, 7) is 3.00. The lowest BCUT2D eigenvalue weighted by Crippen LogP contribution is -2.52. The SMILES string of the molecule is N#Cc1ccc(C(O)CN2CCN3C(=O)CCC3C2)cc1. The molecule has 5 nitrogen and oxygen atoms in total. The van der Waals surface area contributed by atoms with E-state index in [1.165, 1.54) is 0 Å². The largest absolute Gasteiger partial charge is 0.387 e. The van der Waals surface area contributed by atoms with E-state index >= 15 is 0 Å². The fourth-order valence-corrected chi connectivity index (χ4v) is 3.22. The van der Waals surface area contributed by atoms with Crippen LogP contribution < -0.4 is 0 Å². The van der Waals surface area contributed by atoms with Gasteiger partial charge in [0.1, 0.15) is 0 Å². The second-order valence-electron chi connectivity index (χ2n) is 5.79.